The van der Waals surface area contributed by atoms with Gasteiger partial charge < -0.3 is 8.85 Å². The largest absolute Gasteiger partial charge is 0.428 e. The van der Waals surface area contributed by atoms with Gasteiger partial charge in [-0.25, -0.2) is 0 Å². The maximum absolute atomic E-state index is 6.00. The highest BCUT2D eigenvalue weighted by molar-refractivity contribution is 6.66. The summed E-state index contributed by atoms with van der Waals surface area (Å²) in [6.45, 7) is 16.4. The van der Waals surface area contributed by atoms with Crippen LogP contribution in [0.15, 0.2) is 0 Å². The summed E-state index contributed by atoms with van der Waals surface area (Å²) in [5.74, 6) is 0. The van der Waals surface area contributed by atoms with Crippen LogP contribution >= 0.6 is 0 Å². The molecule has 0 saturated heterocycles. The SMILES string of the molecule is CCO[Si](NC(C)(C)C)(OCC)C(C)CC. The zero-order valence-corrected chi connectivity index (χ0v) is 13.0. The first kappa shape index (κ1) is 16.1. The van der Waals surface area contributed by atoms with E-state index in [1.807, 2.05) is 13.8 Å². The van der Waals surface area contributed by atoms with Gasteiger partial charge in [0.1, 0.15) is 0 Å². The average molecular weight is 247 g/mol. The van der Waals surface area contributed by atoms with Gasteiger partial charge in [0.15, 0.2) is 0 Å². The molecule has 0 aliphatic rings. The fraction of sp³-hybridized carbons (Fsp3) is 1.00. The van der Waals surface area contributed by atoms with Crippen LogP contribution in [0.4, 0.5) is 0 Å². The first-order valence-corrected chi connectivity index (χ1v) is 8.28. The predicted octanol–water partition coefficient (Wildman–Crippen LogP) is 3.19. The van der Waals surface area contributed by atoms with Crippen LogP contribution in [0.3, 0.4) is 0 Å². The molecule has 0 aromatic heterocycles. The molecule has 0 bridgehead atoms. The van der Waals surface area contributed by atoms with Crippen molar-refractivity contribution in [3.63, 3.8) is 0 Å². The monoisotopic (exact) mass is 247 g/mol. The van der Waals surface area contributed by atoms with Crippen molar-refractivity contribution >= 4 is 8.72 Å². The normalized spacial score (nSPS) is 15.2. The Labute approximate surface area is 102 Å². The van der Waals surface area contributed by atoms with Crippen LogP contribution in [-0.4, -0.2) is 27.5 Å². The summed E-state index contributed by atoms with van der Waals surface area (Å²) >= 11 is 0. The Hall–Kier alpha value is 0.0969. The van der Waals surface area contributed by atoms with E-state index in [4.69, 9.17) is 8.85 Å². The van der Waals surface area contributed by atoms with Crippen LogP contribution in [0, 0.1) is 0 Å². The Kier molecular flexibility index (Phi) is 6.78. The lowest BCUT2D eigenvalue weighted by atomic mass is 10.1. The van der Waals surface area contributed by atoms with Gasteiger partial charge in [0.2, 0.25) is 0 Å². The molecule has 98 valence electrons. The van der Waals surface area contributed by atoms with Crippen molar-refractivity contribution in [2.24, 2.45) is 0 Å². The number of rotatable bonds is 7. The Bertz CT molecular complexity index is 186. The summed E-state index contributed by atoms with van der Waals surface area (Å²) in [6.07, 6.45) is 1.08. The van der Waals surface area contributed by atoms with E-state index in [2.05, 4.69) is 39.6 Å². The van der Waals surface area contributed by atoms with Crippen molar-refractivity contribution in [1.82, 2.24) is 4.98 Å². The molecule has 1 N–H and O–H groups in total. The van der Waals surface area contributed by atoms with Gasteiger partial charge in [0, 0.05) is 24.3 Å². The van der Waals surface area contributed by atoms with Crippen molar-refractivity contribution in [3.05, 3.63) is 0 Å². The smallest absolute Gasteiger partial charge is 0.383 e. The molecule has 0 spiro atoms. The molecule has 0 radical (unpaired) electrons. The van der Waals surface area contributed by atoms with E-state index in [1.54, 1.807) is 0 Å². The van der Waals surface area contributed by atoms with E-state index < -0.39 is 8.72 Å². The lowest BCUT2D eigenvalue weighted by Gasteiger charge is -2.39. The molecule has 0 aliphatic heterocycles. The molecule has 0 rings (SSSR count). The topological polar surface area (TPSA) is 30.5 Å². The highest BCUT2D eigenvalue weighted by Crippen LogP contribution is 2.27. The summed E-state index contributed by atoms with van der Waals surface area (Å²) in [5.41, 5.74) is 0.478. The highest BCUT2D eigenvalue weighted by Gasteiger charge is 2.45. The van der Waals surface area contributed by atoms with Crippen molar-refractivity contribution < 1.29 is 8.85 Å². The molecule has 3 nitrogen and oxygen atoms in total. The van der Waals surface area contributed by atoms with E-state index in [0.29, 0.717) is 18.8 Å². The second kappa shape index (κ2) is 6.74. The van der Waals surface area contributed by atoms with Crippen molar-refractivity contribution in [1.29, 1.82) is 0 Å². The summed E-state index contributed by atoms with van der Waals surface area (Å²) < 4.78 is 12.0. The first-order chi connectivity index (χ1) is 7.31. The van der Waals surface area contributed by atoms with Crippen LogP contribution in [0.5, 0.6) is 0 Å². The Morgan fingerprint density at radius 1 is 1.06 bits per heavy atom. The molecule has 0 aliphatic carbocycles. The fourth-order valence-corrected chi connectivity index (χ4v) is 5.23. The summed E-state index contributed by atoms with van der Waals surface area (Å²) in [7, 11) is -2.28. The quantitative estimate of drug-likeness (QED) is 0.701. The Morgan fingerprint density at radius 2 is 1.50 bits per heavy atom. The summed E-state index contributed by atoms with van der Waals surface area (Å²) in [5, 5.41) is 0. The van der Waals surface area contributed by atoms with Crippen LogP contribution in [-0.2, 0) is 8.85 Å². The molecular formula is C12H29NO2Si. The zero-order chi connectivity index (χ0) is 12.8. The second-order valence-electron chi connectivity index (χ2n) is 5.22. The molecule has 1 unspecified atom stereocenters. The molecule has 16 heavy (non-hydrogen) atoms. The van der Waals surface area contributed by atoms with Gasteiger partial charge in [-0.2, -0.15) is 0 Å². The van der Waals surface area contributed by atoms with Crippen LogP contribution in [0.2, 0.25) is 5.54 Å². The second-order valence-corrected chi connectivity index (χ2v) is 8.37. The molecule has 0 amide bonds. The minimum absolute atomic E-state index is 0.0278. The van der Waals surface area contributed by atoms with Crippen LogP contribution in [0.25, 0.3) is 0 Å². The third-order valence-electron chi connectivity index (χ3n) is 2.53. The predicted molar refractivity (Wildman–Crippen MR) is 71.6 cm³/mol. The van der Waals surface area contributed by atoms with E-state index in [0.717, 1.165) is 6.42 Å². The van der Waals surface area contributed by atoms with Crippen LogP contribution < -0.4 is 4.98 Å². The minimum Gasteiger partial charge on any atom is -0.383 e. The fourth-order valence-electron chi connectivity index (χ4n) is 1.74. The molecule has 1 atom stereocenters. The third-order valence-corrected chi connectivity index (χ3v) is 6.77. The van der Waals surface area contributed by atoms with Crippen LogP contribution in [0.1, 0.15) is 54.9 Å². The first-order valence-electron chi connectivity index (χ1n) is 6.38. The molecule has 4 heteroatoms. The highest BCUT2D eigenvalue weighted by atomic mass is 28.4. The molecule has 0 saturated carbocycles. The third kappa shape index (κ3) is 4.95. The van der Waals surface area contributed by atoms with E-state index >= 15 is 0 Å². The molecule has 0 fully saturated rings. The lowest BCUT2D eigenvalue weighted by Crippen LogP contribution is -2.64. The van der Waals surface area contributed by atoms with E-state index in [1.165, 1.54) is 0 Å². The zero-order valence-electron chi connectivity index (χ0n) is 12.0. The van der Waals surface area contributed by atoms with Gasteiger partial charge in [-0.05, 0) is 34.6 Å². The van der Waals surface area contributed by atoms with E-state index in [9.17, 15) is 0 Å². The Balaban J connectivity index is 4.92. The summed E-state index contributed by atoms with van der Waals surface area (Å²) in [6, 6.07) is 0. The minimum atomic E-state index is -2.28. The molecular weight excluding hydrogens is 218 g/mol. The van der Waals surface area contributed by atoms with E-state index in [-0.39, 0.29) is 5.54 Å². The summed E-state index contributed by atoms with van der Waals surface area (Å²) in [4.78, 5) is 3.62. The van der Waals surface area contributed by atoms with Crippen molar-refractivity contribution in [3.8, 4) is 0 Å². The van der Waals surface area contributed by atoms with Gasteiger partial charge in [0.05, 0.1) is 0 Å². The maximum Gasteiger partial charge on any atom is 0.428 e. The van der Waals surface area contributed by atoms with Gasteiger partial charge in [-0.1, -0.05) is 20.3 Å². The number of hydrogen-bond acceptors (Lipinski definition) is 3. The lowest BCUT2D eigenvalue weighted by molar-refractivity contribution is 0.150. The van der Waals surface area contributed by atoms with Gasteiger partial charge >= 0.3 is 8.72 Å². The molecule has 0 aromatic rings. The van der Waals surface area contributed by atoms with Crippen molar-refractivity contribution in [2.75, 3.05) is 13.2 Å². The Morgan fingerprint density at radius 3 is 1.75 bits per heavy atom. The van der Waals surface area contributed by atoms with Gasteiger partial charge in [-0.15, -0.1) is 0 Å². The number of nitrogens with one attached hydrogen (secondary N) is 1. The average Bonchev–Trinajstić information content (AvgIpc) is 2.14. The maximum atomic E-state index is 6.00. The van der Waals surface area contributed by atoms with Crippen molar-refractivity contribution in [2.45, 2.75) is 66.0 Å². The molecule has 0 heterocycles. The molecule has 0 aromatic carbocycles. The standard InChI is InChI=1S/C12H29NO2Si/c1-8-11(4)16(14-9-2,15-10-3)13-12(5,6)7/h11,13H,8-10H2,1-7H3. The number of hydrogen-bond donors (Lipinski definition) is 1. The van der Waals surface area contributed by atoms with Gasteiger partial charge in [-0.3, -0.25) is 4.98 Å². The van der Waals surface area contributed by atoms with Gasteiger partial charge in [0.25, 0.3) is 0 Å².